The summed E-state index contributed by atoms with van der Waals surface area (Å²) in [6, 6.07) is 6.01. The molecule has 1 aliphatic rings. The molecule has 2 atom stereocenters. The number of pyridine rings is 1. The number of aromatic nitrogens is 1. The number of halogens is 3. The minimum Gasteiger partial charge on any atom is -0.475 e. The molecule has 0 spiro atoms. The molecule has 1 amide bonds. The van der Waals surface area contributed by atoms with E-state index in [2.05, 4.69) is 10.3 Å². The maximum Gasteiger partial charge on any atom is 0.429 e. The number of alkyl halides is 3. The fourth-order valence-electron chi connectivity index (χ4n) is 3.56. The van der Waals surface area contributed by atoms with Gasteiger partial charge < -0.3 is 14.6 Å². The first-order valence-corrected chi connectivity index (χ1v) is 9.00. The molecular weight excluding hydrogens is 389 g/mol. The van der Waals surface area contributed by atoms with Crippen molar-refractivity contribution in [3.63, 3.8) is 0 Å². The zero-order valence-electron chi connectivity index (χ0n) is 16.1. The smallest absolute Gasteiger partial charge is 0.429 e. The predicted octanol–water partition coefficient (Wildman–Crippen LogP) is 5.15. The van der Waals surface area contributed by atoms with Gasteiger partial charge in [0, 0.05) is 36.0 Å². The van der Waals surface area contributed by atoms with Crippen LogP contribution in [0.5, 0.6) is 11.5 Å². The topological polar surface area (TPSA) is 80.7 Å². The van der Waals surface area contributed by atoms with E-state index in [1.54, 1.807) is 19.1 Å². The Labute approximate surface area is 165 Å². The lowest BCUT2D eigenvalue weighted by Crippen LogP contribution is -2.51. The van der Waals surface area contributed by atoms with Crippen molar-refractivity contribution in [1.29, 1.82) is 0 Å². The fourth-order valence-corrected chi connectivity index (χ4v) is 3.56. The number of hydrogen-bond donors (Lipinski definition) is 2. The average molecular weight is 410 g/mol. The van der Waals surface area contributed by atoms with E-state index in [0.29, 0.717) is 17.5 Å². The molecule has 156 valence electrons. The van der Waals surface area contributed by atoms with Crippen LogP contribution in [0.3, 0.4) is 0 Å². The average Bonchev–Trinajstić information content (AvgIpc) is 2.58. The van der Waals surface area contributed by atoms with Crippen molar-refractivity contribution in [2.75, 3.05) is 0 Å². The second kappa shape index (κ2) is 7.46. The monoisotopic (exact) mass is 410 g/mol. The Bertz CT molecular complexity index is 917. The van der Waals surface area contributed by atoms with Gasteiger partial charge in [0.1, 0.15) is 11.5 Å². The van der Waals surface area contributed by atoms with Gasteiger partial charge in [-0.2, -0.15) is 13.2 Å². The Morgan fingerprint density at radius 3 is 2.66 bits per heavy atom. The summed E-state index contributed by atoms with van der Waals surface area (Å²) in [5.74, 6) is 0.305. The number of benzene rings is 1. The van der Waals surface area contributed by atoms with Crippen LogP contribution in [0.1, 0.15) is 38.9 Å². The molecule has 0 radical (unpaired) electrons. The highest BCUT2D eigenvalue weighted by atomic mass is 19.4. The van der Waals surface area contributed by atoms with Crippen molar-refractivity contribution in [1.82, 2.24) is 10.3 Å². The number of ether oxygens (including phenoxy) is 2. The molecule has 3 rings (SSSR count). The minimum atomic E-state index is -4.62. The van der Waals surface area contributed by atoms with Gasteiger partial charge in [0.05, 0.1) is 0 Å². The molecule has 9 heteroatoms. The van der Waals surface area contributed by atoms with Crippen LogP contribution in [0.4, 0.5) is 18.0 Å². The number of nitrogens with zero attached hydrogens (tertiary/aromatic N) is 1. The van der Waals surface area contributed by atoms with Crippen LogP contribution in [0, 0.1) is 5.92 Å². The number of fused-ring (bicyclic) bond motifs is 3. The predicted molar refractivity (Wildman–Crippen MR) is 98.7 cm³/mol. The van der Waals surface area contributed by atoms with Crippen LogP contribution in [-0.2, 0) is 0 Å². The number of carbonyl (C=O) groups is 1. The summed E-state index contributed by atoms with van der Waals surface area (Å²) in [6.07, 6.45) is -5.10. The summed E-state index contributed by atoms with van der Waals surface area (Å²) < 4.78 is 51.6. The van der Waals surface area contributed by atoms with E-state index in [9.17, 15) is 18.0 Å². The Kier molecular flexibility index (Phi) is 5.34. The molecule has 0 saturated carbocycles. The van der Waals surface area contributed by atoms with Gasteiger partial charge in [-0.1, -0.05) is 13.8 Å². The summed E-state index contributed by atoms with van der Waals surface area (Å²) in [6.45, 7) is 5.38. The largest absolute Gasteiger partial charge is 0.475 e. The zero-order valence-corrected chi connectivity index (χ0v) is 16.1. The quantitative estimate of drug-likeness (QED) is 0.666. The summed E-state index contributed by atoms with van der Waals surface area (Å²) in [5, 5.41) is 11.4. The van der Waals surface area contributed by atoms with E-state index in [4.69, 9.17) is 14.6 Å². The number of nitrogens with one attached hydrogen (secondary N) is 1. The summed E-state index contributed by atoms with van der Waals surface area (Å²) >= 11 is 0. The molecular formula is C20H21F3N2O4. The molecule has 0 aliphatic carbocycles. The van der Waals surface area contributed by atoms with Crippen molar-refractivity contribution in [3.05, 3.63) is 42.2 Å². The maximum absolute atomic E-state index is 13.5. The highest BCUT2D eigenvalue weighted by molar-refractivity contribution is 5.76. The van der Waals surface area contributed by atoms with Gasteiger partial charge >= 0.3 is 12.3 Å². The van der Waals surface area contributed by atoms with Crippen LogP contribution >= 0.6 is 0 Å². The Hall–Kier alpha value is -2.97. The molecule has 0 bridgehead atoms. The van der Waals surface area contributed by atoms with Gasteiger partial charge in [0.15, 0.2) is 5.72 Å². The Balaban J connectivity index is 1.98. The molecule has 6 nitrogen and oxygen atoms in total. The molecule has 1 aromatic heterocycles. The van der Waals surface area contributed by atoms with Crippen molar-refractivity contribution in [2.24, 2.45) is 5.92 Å². The highest BCUT2D eigenvalue weighted by Crippen LogP contribution is 2.48. The summed E-state index contributed by atoms with van der Waals surface area (Å²) in [7, 11) is 0. The fraction of sp³-hybridized carbons (Fsp3) is 0.400. The third kappa shape index (κ3) is 4.55. The molecule has 1 unspecified atom stereocenters. The lowest BCUT2D eigenvalue weighted by Gasteiger charge is -2.33. The lowest BCUT2D eigenvalue weighted by molar-refractivity contribution is -0.198. The highest BCUT2D eigenvalue weighted by Gasteiger charge is 2.46. The molecule has 29 heavy (non-hydrogen) atoms. The van der Waals surface area contributed by atoms with Gasteiger partial charge in [-0.15, -0.1) is 0 Å². The SMILES string of the molecule is CC(C)C[C@@](C)(NC(=O)O)Oc1ccc2c(c1)OC(C(F)(F)F)c1cnccc1-2. The first-order valence-electron chi connectivity index (χ1n) is 9.00. The van der Waals surface area contributed by atoms with Crippen LogP contribution in [0.25, 0.3) is 11.1 Å². The van der Waals surface area contributed by atoms with E-state index in [-0.39, 0.29) is 23.0 Å². The van der Waals surface area contributed by atoms with E-state index < -0.39 is 24.1 Å². The van der Waals surface area contributed by atoms with Crippen LogP contribution in [0.15, 0.2) is 36.7 Å². The summed E-state index contributed by atoms with van der Waals surface area (Å²) in [4.78, 5) is 15.0. The van der Waals surface area contributed by atoms with E-state index in [1.807, 2.05) is 13.8 Å². The maximum atomic E-state index is 13.5. The van der Waals surface area contributed by atoms with Crippen LogP contribution < -0.4 is 14.8 Å². The zero-order chi connectivity index (χ0) is 21.4. The molecule has 2 aromatic rings. The standard InChI is InChI=1S/C20H21F3N2O4/c1-11(2)9-19(3,25-18(26)27)29-12-4-5-14-13-6-7-24-10-15(13)17(20(21,22)23)28-16(14)8-12/h4-8,10-11,17,25H,9H2,1-3H3,(H,26,27)/t17?,19-/m0/s1. The Morgan fingerprint density at radius 1 is 1.31 bits per heavy atom. The van der Waals surface area contributed by atoms with E-state index in [1.165, 1.54) is 18.3 Å². The van der Waals surface area contributed by atoms with Crippen LogP contribution in [0.2, 0.25) is 0 Å². The molecule has 2 heterocycles. The number of rotatable bonds is 5. The normalized spacial score (nSPS) is 17.6. The van der Waals surface area contributed by atoms with Crippen LogP contribution in [-0.4, -0.2) is 28.1 Å². The van der Waals surface area contributed by atoms with Gasteiger partial charge in [-0.25, -0.2) is 4.79 Å². The minimum absolute atomic E-state index is 0.00532. The van der Waals surface area contributed by atoms with Crippen molar-refractivity contribution in [2.45, 2.75) is 45.2 Å². The van der Waals surface area contributed by atoms with E-state index in [0.717, 1.165) is 6.20 Å². The molecule has 1 aromatic carbocycles. The van der Waals surface area contributed by atoms with Crippen molar-refractivity contribution < 1.29 is 32.5 Å². The van der Waals surface area contributed by atoms with Gasteiger partial charge in [0.25, 0.3) is 0 Å². The van der Waals surface area contributed by atoms with Gasteiger partial charge in [-0.3, -0.25) is 10.3 Å². The molecule has 0 saturated heterocycles. The number of carboxylic acid groups (broad SMARTS) is 1. The van der Waals surface area contributed by atoms with E-state index >= 15 is 0 Å². The van der Waals surface area contributed by atoms with Gasteiger partial charge in [0.2, 0.25) is 6.10 Å². The number of amides is 1. The third-order valence-electron chi connectivity index (χ3n) is 4.43. The molecule has 1 aliphatic heterocycles. The second-order valence-corrected chi connectivity index (χ2v) is 7.52. The lowest BCUT2D eigenvalue weighted by atomic mass is 9.94. The Morgan fingerprint density at radius 2 is 2.03 bits per heavy atom. The first-order chi connectivity index (χ1) is 13.5. The van der Waals surface area contributed by atoms with Gasteiger partial charge in [-0.05, 0) is 36.6 Å². The number of hydrogen-bond acceptors (Lipinski definition) is 4. The summed E-state index contributed by atoms with van der Waals surface area (Å²) in [5.41, 5.74) is -0.456. The third-order valence-corrected chi connectivity index (χ3v) is 4.43. The molecule has 2 N–H and O–H groups in total. The first kappa shape index (κ1) is 20.8. The van der Waals surface area contributed by atoms with Crippen molar-refractivity contribution in [3.8, 4) is 22.6 Å². The van der Waals surface area contributed by atoms with Crippen molar-refractivity contribution >= 4 is 6.09 Å². The molecule has 0 fully saturated rings. The second-order valence-electron chi connectivity index (χ2n) is 7.52.